The third kappa shape index (κ3) is 3.62. The average molecular weight is 516 g/mol. The van der Waals surface area contributed by atoms with Crippen LogP contribution in [0.1, 0.15) is 41.3 Å². The number of hydrogen-bond donors (Lipinski definition) is 2. The lowest BCUT2D eigenvalue weighted by atomic mass is 9.73. The zero-order chi connectivity index (χ0) is 25.0. The third-order valence-corrected chi connectivity index (χ3v) is 9.42. The number of terminal acetylenes is 1. The van der Waals surface area contributed by atoms with E-state index in [4.69, 9.17) is 34.5 Å². The highest BCUT2D eigenvalue weighted by Gasteiger charge is 2.46. The standard InChI is InChI=1S/C27H26ClN7S/c1-3-17-4-5-18-13-27(23(29)19(18)12-17)7-10-34(11-8-27)25-20-14-31-15-35(20)26(16(2)33-25)36-21-6-9-32-24(30)22(21)28/h1,4-6,9,12,14-15,23H,7-8,10-11,13,29H2,2H3,(H2,30,32)/t23-/m1/s1. The van der Waals surface area contributed by atoms with Gasteiger partial charge in [-0.2, -0.15) is 0 Å². The number of aromatic nitrogens is 4. The molecule has 0 saturated carbocycles. The number of anilines is 2. The van der Waals surface area contributed by atoms with Gasteiger partial charge in [-0.25, -0.2) is 15.0 Å². The summed E-state index contributed by atoms with van der Waals surface area (Å²) in [5.74, 6) is 4.01. The van der Waals surface area contributed by atoms with Gasteiger partial charge >= 0.3 is 0 Å². The molecular formula is C27H26ClN7S. The fraction of sp³-hybridized carbons (Fsp3) is 0.296. The van der Waals surface area contributed by atoms with E-state index in [0.717, 1.165) is 64.9 Å². The van der Waals surface area contributed by atoms with Gasteiger partial charge in [0.15, 0.2) is 5.82 Å². The lowest BCUT2D eigenvalue weighted by Crippen LogP contribution is -2.44. The molecule has 0 unspecified atom stereocenters. The number of piperidine rings is 1. The highest BCUT2D eigenvalue weighted by atomic mass is 35.5. The van der Waals surface area contributed by atoms with Gasteiger partial charge in [0.25, 0.3) is 0 Å². The van der Waals surface area contributed by atoms with Crippen molar-refractivity contribution in [3.05, 3.63) is 70.4 Å². The maximum Gasteiger partial charge on any atom is 0.154 e. The second kappa shape index (κ2) is 8.70. The number of aryl methyl sites for hydroxylation is 1. The van der Waals surface area contributed by atoms with Crippen LogP contribution >= 0.6 is 23.4 Å². The van der Waals surface area contributed by atoms with E-state index in [1.807, 2.05) is 31.6 Å². The van der Waals surface area contributed by atoms with Crippen LogP contribution in [0.3, 0.4) is 0 Å². The van der Waals surface area contributed by atoms with Crippen LogP contribution in [0.2, 0.25) is 5.02 Å². The van der Waals surface area contributed by atoms with Gasteiger partial charge < -0.3 is 16.4 Å². The average Bonchev–Trinajstić information content (AvgIpc) is 3.47. The molecule has 4 N–H and O–H groups in total. The summed E-state index contributed by atoms with van der Waals surface area (Å²) in [6, 6.07) is 8.14. The van der Waals surface area contributed by atoms with Crippen molar-refractivity contribution in [1.82, 2.24) is 19.4 Å². The second-order valence-electron chi connectivity index (χ2n) is 9.65. The number of rotatable bonds is 3. The quantitative estimate of drug-likeness (QED) is 0.383. The van der Waals surface area contributed by atoms with Crippen molar-refractivity contribution in [3.8, 4) is 12.3 Å². The van der Waals surface area contributed by atoms with Crippen LogP contribution in [0, 0.1) is 24.7 Å². The Labute approximate surface area is 219 Å². The predicted molar refractivity (Wildman–Crippen MR) is 144 cm³/mol. The number of halogens is 1. The Balaban J connectivity index is 1.28. The van der Waals surface area contributed by atoms with Crippen molar-refractivity contribution in [3.63, 3.8) is 0 Å². The normalized spacial score (nSPS) is 18.5. The molecule has 1 aliphatic heterocycles. The predicted octanol–water partition coefficient (Wildman–Crippen LogP) is 4.64. The molecule has 182 valence electrons. The molecular weight excluding hydrogens is 490 g/mol. The van der Waals surface area contributed by atoms with Crippen LogP contribution in [0.25, 0.3) is 5.52 Å². The number of hydrogen-bond acceptors (Lipinski definition) is 7. The molecule has 0 radical (unpaired) electrons. The van der Waals surface area contributed by atoms with E-state index in [1.54, 1.807) is 6.20 Å². The molecule has 1 atom stereocenters. The minimum absolute atomic E-state index is 0.00366. The van der Waals surface area contributed by atoms with E-state index < -0.39 is 0 Å². The first kappa shape index (κ1) is 23.2. The topological polar surface area (TPSA) is 98.4 Å². The van der Waals surface area contributed by atoms with Gasteiger partial charge in [0.2, 0.25) is 0 Å². The molecule has 6 rings (SSSR count). The maximum atomic E-state index is 6.83. The van der Waals surface area contributed by atoms with Crippen molar-refractivity contribution in [2.75, 3.05) is 23.7 Å². The largest absolute Gasteiger partial charge is 0.382 e. The molecule has 2 aliphatic rings. The van der Waals surface area contributed by atoms with Gasteiger partial charge in [-0.1, -0.05) is 35.3 Å². The van der Waals surface area contributed by atoms with E-state index >= 15 is 0 Å². The van der Waals surface area contributed by atoms with Gasteiger partial charge in [0.05, 0.1) is 16.9 Å². The van der Waals surface area contributed by atoms with Crippen LogP contribution in [0.5, 0.6) is 0 Å². The summed E-state index contributed by atoms with van der Waals surface area (Å²) < 4.78 is 2.08. The molecule has 1 saturated heterocycles. The van der Waals surface area contributed by atoms with Crippen molar-refractivity contribution in [2.45, 2.75) is 42.1 Å². The van der Waals surface area contributed by atoms with Gasteiger partial charge in [0, 0.05) is 35.8 Å². The smallest absolute Gasteiger partial charge is 0.154 e. The Kier molecular flexibility index (Phi) is 5.60. The van der Waals surface area contributed by atoms with Crippen molar-refractivity contribution in [1.29, 1.82) is 0 Å². The van der Waals surface area contributed by atoms with E-state index in [0.29, 0.717) is 10.8 Å². The first-order valence-electron chi connectivity index (χ1n) is 11.9. The van der Waals surface area contributed by atoms with E-state index in [9.17, 15) is 0 Å². The van der Waals surface area contributed by atoms with Crippen molar-refractivity contribution < 1.29 is 0 Å². The minimum atomic E-state index is 0.00366. The van der Waals surface area contributed by atoms with Gasteiger partial charge in [-0.15, -0.1) is 6.42 Å². The van der Waals surface area contributed by atoms with Gasteiger partial charge in [-0.05, 0) is 60.9 Å². The lowest BCUT2D eigenvalue weighted by Gasteiger charge is -2.42. The number of nitrogens with zero attached hydrogens (tertiary/aromatic N) is 5. The summed E-state index contributed by atoms with van der Waals surface area (Å²) >= 11 is 7.93. The molecule has 1 aromatic carbocycles. The molecule has 4 aromatic rings. The molecule has 0 amide bonds. The first-order chi connectivity index (χ1) is 17.4. The molecule has 1 aliphatic carbocycles. The highest BCUT2D eigenvalue weighted by molar-refractivity contribution is 7.99. The Morgan fingerprint density at radius 2 is 2.06 bits per heavy atom. The number of pyridine rings is 1. The molecule has 1 spiro atoms. The van der Waals surface area contributed by atoms with Crippen molar-refractivity contribution >= 4 is 40.5 Å². The van der Waals surface area contributed by atoms with Gasteiger partial charge in [0.1, 0.15) is 22.7 Å². The Morgan fingerprint density at radius 1 is 1.25 bits per heavy atom. The third-order valence-electron chi connectivity index (χ3n) is 7.67. The molecule has 9 heteroatoms. The van der Waals surface area contributed by atoms with Crippen LogP contribution in [-0.2, 0) is 6.42 Å². The molecule has 36 heavy (non-hydrogen) atoms. The zero-order valence-corrected chi connectivity index (χ0v) is 21.5. The molecule has 0 bridgehead atoms. The summed E-state index contributed by atoms with van der Waals surface area (Å²) in [5, 5.41) is 1.40. The number of benzene rings is 1. The summed E-state index contributed by atoms with van der Waals surface area (Å²) in [5.41, 5.74) is 18.1. The molecule has 7 nitrogen and oxygen atoms in total. The fourth-order valence-electron chi connectivity index (χ4n) is 5.65. The number of nitrogen functional groups attached to an aromatic ring is 1. The Morgan fingerprint density at radius 3 is 2.83 bits per heavy atom. The first-order valence-corrected chi connectivity index (χ1v) is 13.1. The SMILES string of the molecule is C#Cc1ccc2c(c1)[C@@H](N)C1(CCN(c3nc(C)c(Sc4ccnc(N)c4Cl)n4cncc34)CC1)C2. The van der Waals surface area contributed by atoms with E-state index in [-0.39, 0.29) is 11.5 Å². The van der Waals surface area contributed by atoms with Crippen LogP contribution < -0.4 is 16.4 Å². The number of fused-ring (bicyclic) bond motifs is 2. The van der Waals surface area contributed by atoms with Crippen molar-refractivity contribution in [2.24, 2.45) is 11.1 Å². The molecule has 1 fully saturated rings. The summed E-state index contributed by atoms with van der Waals surface area (Å²) in [7, 11) is 0. The minimum Gasteiger partial charge on any atom is -0.382 e. The zero-order valence-electron chi connectivity index (χ0n) is 19.9. The highest BCUT2D eigenvalue weighted by Crippen LogP contribution is 2.51. The van der Waals surface area contributed by atoms with Gasteiger partial charge in [-0.3, -0.25) is 4.40 Å². The summed E-state index contributed by atoms with van der Waals surface area (Å²) in [4.78, 5) is 16.7. The maximum absolute atomic E-state index is 6.83. The summed E-state index contributed by atoms with van der Waals surface area (Å²) in [6.45, 7) is 3.79. The fourth-order valence-corrected chi connectivity index (χ4v) is 6.84. The number of imidazole rings is 1. The van der Waals surface area contributed by atoms with Crippen LogP contribution in [0.4, 0.5) is 11.6 Å². The monoisotopic (exact) mass is 515 g/mol. The lowest BCUT2D eigenvalue weighted by molar-refractivity contribution is 0.187. The van der Waals surface area contributed by atoms with Crippen LogP contribution in [0.15, 0.2) is 52.9 Å². The second-order valence-corrected chi connectivity index (χ2v) is 11.1. The Hall–Kier alpha value is -3.25. The Bertz CT molecular complexity index is 1530. The van der Waals surface area contributed by atoms with E-state index in [1.165, 1.54) is 22.9 Å². The van der Waals surface area contributed by atoms with E-state index in [2.05, 4.69) is 37.3 Å². The number of nitrogens with two attached hydrogens (primary N) is 2. The summed E-state index contributed by atoms with van der Waals surface area (Å²) in [6.07, 6.45) is 14.0. The molecule has 3 aromatic heterocycles. The molecule has 4 heterocycles. The van der Waals surface area contributed by atoms with Crippen LogP contribution in [-0.4, -0.2) is 32.4 Å².